The van der Waals surface area contributed by atoms with E-state index in [0.29, 0.717) is 0 Å². The van der Waals surface area contributed by atoms with Gasteiger partial charge in [0, 0.05) is 0 Å². The molecule has 0 heterocycles. The van der Waals surface area contributed by atoms with Crippen molar-refractivity contribution < 1.29 is 28.5 Å². The molecule has 0 radical (unpaired) electrons. The van der Waals surface area contributed by atoms with Crippen LogP contribution in [0.2, 0.25) is 5.28 Å². The zero-order valence-corrected chi connectivity index (χ0v) is 5.39. The van der Waals surface area contributed by atoms with Crippen LogP contribution in [0, 0.1) is 0 Å². The molecule has 0 aromatic heterocycles. The molecular formula is C3H7CrO4. The van der Waals surface area contributed by atoms with Crippen LogP contribution in [0.5, 0.6) is 0 Å². The fraction of sp³-hybridized carbons (Fsp3) is 0.333. The SMILES string of the molecule is C=C[CH2][Cr](=[O])(=[O])([OH])[OH]. The van der Waals surface area contributed by atoms with Crippen molar-refractivity contribution in [3.8, 4) is 0 Å². The van der Waals surface area contributed by atoms with Crippen molar-refractivity contribution in [2.75, 3.05) is 0 Å². The van der Waals surface area contributed by atoms with E-state index in [1.165, 1.54) is 0 Å². The summed E-state index contributed by atoms with van der Waals surface area (Å²) in [6.45, 7) is 3.01. The minimum absolute atomic E-state index is 0.764. The van der Waals surface area contributed by atoms with E-state index in [0.717, 1.165) is 6.08 Å². The van der Waals surface area contributed by atoms with E-state index >= 15 is 0 Å². The van der Waals surface area contributed by atoms with Crippen molar-refractivity contribution in [2.45, 2.75) is 5.28 Å². The quantitative estimate of drug-likeness (QED) is 0.546. The normalized spacial score (nSPS) is 16.5. The molecule has 5 heteroatoms. The minimum atomic E-state index is -6.07. The van der Waals surface area contributed by atoms with E-state index in [-0.39, 0.29) is 0 Å². The Hall–Kier alpha value is -0.208. The van der Waals surface area contributed by atoms with E-state index < -0.39 is 17.8 Å². The van der Waals surface area contributed by atoms with E-state index in [1.54, 1.807) is 0 Å². The predicted molar refractivity (Wildman–Crippen MR) is 20.8 cm³/mol. The fourth-order valence-corrected chi connectivity index (χ4v) is 0.831. The first-order valence-electron chi connectivity index (χ1n) is 1.80. The summed E-state index contributed by atoms with van der Waals surface area (Å²) in [6, 6.07) is 0. The van der Waals surface area contributed by atoms with Crippen LogP contribution in [0.1, 0.15) is 0 Å². The Balaban J connectivity index is 4.42. The van der Waals surface area contributed by atoms with E-state index in [1.807, 2.05) is 0 Å². The van der Waals surface area contributed by atoms with Gasteiger partial charge in [0.05, 0.1) is 0 Å². The number of hydrogen-bond donors (Lipinski definition) is 2. The van der Waals surface area contributed by atoms with E-state index in [9.17, 15) is 7.61 Å². The summed E-state index contributed by atoms with van der Waals surface area (Å²) in [5.41, 5.74) is 0. The molecule has 0 aliphatic rings. The molecule has 0 unspecified atom stereocenters. The van der Waals surface area contributed by atoms with Crippen LogP contribution in [0.3, 0.4) is 0 Å². The van der Waals surface area contributed by atoms with Crippen molar-refractivity contribution in [1.82, 2.24) is 0 Å². The van der Waals surface area contributed by atoms with Crippen LogP contribution in [0.4, 0.5) is 0 Å². The van der Waals surface area contributed by atoms with E-state index in [4.69, 9.17) is 8.32 Å². The molecule has 0 aliphatic heterocycles. The second-order valence-corrected chi connectivity index (χ2v) is 4.86. The molecule has 0 aromatic rings. The van der Waals surface area contributed by atoms with Gasteiger partial charge in [-0.15, -0.1) is 0 Å². The Morgan fingerprint density at radius 3 is 1.88 bits per heavy atom. The predicted octanol–water partition coefficient (Wildman–Crippen LogP) is -0.214. The second-order valence-electron chi connectivity index (χ2n) is 1.40. The molecule has 0 amide bonds. The molecule has 0 bridgehead atoms. The van der Waals surface area contributed by atoms with Gasteiger partial charge in [0.25, 0.3) is 0 Å². The molecule has 0 saturated carbocycles. The third-order valence-electron chi connectivity index (χ3n) is 0.403. The van der Waals surface area contributed by atoms with Gasteiger partial charge in [0.2, 0.25) is 0 Å². The summed E-state index contributed by atoms with van der Waals surface area (Å²) in [5, 5.41) is -0.764. The molecule has 0 rings (SSSR count). The molecule has 2 N–H and O–H groups in total. The summed E-state index contributed by atoms with van der Waals surface area (Å²) in [5.74, 6) is 0. The number of hydrogen-bond acceptors (Lipinski definition) is 2. The third-order valence-corrected chi connectivity index (χ3v) is 1.66. The van der Waals surface area contributed by atoms with Gasteiger partial charge in [0.15, 0.2) is 0 Å². The first-order valence-corrected chi connectivity index (χ1v) is 4.89. The topological polar surface area (TPSA) is 74.6 Å². The Labute approximate surface area is 47.1 Å². The molecular weight excluding hydrogens is 152 g/mol. The third kappa shape index (κ3) is 5.79. The zero-order chi connectivity index (χ0) is 6.86. The van der Waals surface area contributed by atoms with Gasteiger partial charge in [-0.05, 0) is 0 Å². The average Bonchev–Trinajstić information content (AvgIpc) is 1.25. The van der Waals surface area contributed by atoms with Gasteiger partial charge in [0.1, 0.15) is 0 Å². The van der Waals surface area contributed by atoms with Gasteiger partial charge in [-0.2, -0.15) is 0 Å². The summed E-state index contributed by atoms with van der Waals surface area (Å²) >= 11 is -6.07. The van der Waals surface area contributed by atoms with Crippen LogP contribution in [-0.4, -0.2) is 8.32 Å². The first-order chi connectivity index (χ1) is 3.31. The molecule has 0 aromatic carbocycles. The van der Waals surface area contributed by atoms with Crippen LogP contribution in [0.15, 0.2) is 12.7 Å². The van der Waals surface area contributed by atoms with Crippen molar-refractivity contribution in [3.05, 3.63) is 12.7 Å². The average molecular weight is 159 g/mol. The Kier molecular flexibility index (Phi) is 1.60. The van der Waals surface area contributed by atoms with Crippen molar-refractivity contribution >= 4 is 0 Å². The Bertz CT molecular complexity index is 197. The van der Waals surface area contributed by atoms with Crippen LogP contribution < -0.4 is 0 Å². The van der Waals surface area contributed by atoms with Crippen molar-refractivity contribution in [1.29, 1.82) is 0 Å². The molecule has 0 spiro atoms. The van der Waals surface area contributed by atoms with Gasteiger partial charge in [-0.25, -0.2) is 0 Å². The molecule has 0 atom stereocenters. The van der Waals surface area contributed by atoms with Crippen LogP contribution in [0.25, 0.3) is 0 Å². The summed E-state index contributed by atoms with van der Waals surface area (Å²) in [7, 11) is 0. The zero-order valence-electron chi connectivity index (χ0n) is 4.11. The van der Waals surface area contributed by atoms with Gasteiger partial charge in [-0.1, -0.05) is 0 Å². The molecule has 0 fully saturated rings. The van der Waals surface area contributed by atoms with Gasteiger partial charge >= 0.3 is 46.4 Å². The monoisotopic (exact) mass is 159 g/mol. The maximum absolute atomic E-state index is 9.93. The summed E-state index contributed by atoms with van der Waals surface area (Å²) in [4.78, 5) is 0. The Morgan fingerprint density at radius 2 is 1.88 bits per heavy atom. The number of allylic oxidation sites excluding steroid dienone is 1. The summed E-state index contributed by atoms with van der Waals surface area (Å²) in [6.07, 6.45) is 0.917. The summed E-state index contributed by atoms with van der Waals surface area (Å²) < 4.78 is 35.9. The Morgan fingerprint density at radius 1 is 1.50 bits per heavy atom. The molecule has 49 valence electrons. The molecule has 8 heavy (non-hydrogen) atoms. The van der Waals surface area contributed by atoms with Crippen molar-refractivity contribution in [2.24, 2.45) is 0 Å². The first kappa shape index (κ1) is 7.79. The maximum atomic E-state index is 9.93. The van der Waals surface area contributed by atoms with E-state index in [2.05, 4.69) is 6.58 Å². The standard InChI is InChI=1S/C3H5.Cr.2H2O.2O/c1-3-2;;;;;/h3H,1-2H2;;2*1H2;;/q;+2;;;;/p-2. The fourth-order valence-electron chi connectivity index (χ4n) is 0.202. The van der Waals surface area contributed by atoms with Gasteiger partial charge in [-0.3, -0.25) is 0 Å². The van der Waals surface area contributed by atoms with Gasteiger partial charge < -0.3 is 0 Å². The van der Waals surface area contributed by atoms with Crippen LogP contribution >= 0.6 is 0 Å². The van der Waals surface area contributed by atoms with Crippen molar-refractivity contribution in [3.63, 3.8) is 0 Å². The van der Waals surface area contributed by atoms with Crippen LogP contribution in [-0.2, 0) is 20.1 Å². The molecule has 0 aliphatic carbocycles. The number of rotatable bonds is 2. The molecule has 0 saturated heterocycles. The molecule has 4 nitrogen and oxygen atoms in total. The second kappa shape index (κ2) is 1.64.